The molecule has 2 atom stereocenters. The molecule has 0 spiro atoms. The van der Waals surface area contributed by atoms with Crippen molar-refractivity contribution < 1.29 is 14.3 Å². The molecule has 1 aliphatic rings. The minimum atomic E-state index is -0.298. The largest absolute Gasteiger partial charge is 0.462 e. The van der Waals surface area contributed by atoms with Crippen LogP contribution in [0, 0.1) is 5.92 Å². The van der Waals surface area contributed by atoms with Crippen LogP contribution in [0.1, 0.15) is 20.3 Å². The van der Waals surface area contributed by atoms with Crippen LogP contribution in [-0.2, 0) is 14.3 Å². The third-order valence-corrected chi connectivity index (χ3v) is 2.31. The zero-order valence-electron chi connectivity index (χ0n) is 8.21. The number of rotatable bonds is 4. The first-order valence-electron chi connectivity index (χ1n) is 4.55. The van der Waals surface area contributed by atoms with Gasteiger partial charge in [-0.05, 0) is 20.3 Å². The summed E-state index contributed by atoms with van der Waals surface area (Å²) in [6, 6.07) is 0. The average Bonchev–Trinajstić information content (AvgIpc) is 2.09. The Hall–Kier alpha value is -0.830. The van der Waals surface area contributed by atoms with E-state index in [9.17, 15) is 4.79 Å². The van der Waals surface area contributed by atoms with Crippen molar-refractivity contribution in [1.82, 2.24) is 0 Å². The van der Waals surface area contributed by atoms with Gasteiger partial charge in [-0.1, -0.05) is 6.58 Å². The molecule has 2 unspecified atom stereocenters. The number of ether oxygens (including phenoxy) is 2. The number of hydrogen-bond donors (Lipinski definition) is 0. The lowest BCUT2D eigenvalue weighted by Gasteiger charge is -2.33. The molecule has 0 bridgehead atoms. The Morgan fingerprint density at radius 2 is 2.38 bits per heavy atom. The minimum absolute atomic E-state index is 0.298. The number of carbonyl (C=O) groups is 1. The van der Waals surface area contributed by atoms with Crippen LogP contribution in [0.25, 0.3) is 0 Å². The fourth-order valence-corrected chi connectivity index (χ4v) is 1.17. The minimum Gasteiger partial charge on any atom is -0.462 e. The van der Waals surface area contributed by atoms with E-state index in [1.807, 2.05) is 6.92 Å². The highest BCUT2D eigenvalue weighted by Crippen LogP contribution is 2.22. The summed E-state index contributed by atoms with van der Waals surface area (Å²) in [5.41, 5.74) is 0.456. The molecule has 74 valence electrons. The zero-order valence-corrected chi connectivity index (χ0v) is 8.21. The van der Waals surface area contributed by atoms with Crippen LogP contribution in [0.5, 0.6) is 0 Å². The maximum atomic E-state index is 11.0. The number of esters is 1. The van der Waals surface area contributed by atoms with Crippen LogP contribution in [0.3, 0.4) is 0 Å². The topological polar surface area (TPSA) is 35.5 Å². The quantitative estimate of drug-likeness (QED) is 0.491. The highest BCUT2D eigenvalue weighted by molar-refractivity contribution is 5.86. The van der Waals surface area contributed by atoms with E-state index in [4.69, 9.17) is 9.47 Å². The van der Waals surface area contributed by atoms with E-state index in [2.05, 4.69) is 6.58 Å². The van der Waals surface area contributed by atoms with E-state index in [1.54, 1.807) is 6.92 Å². The molecular weight excluding hydrogens is 168 g/mol. The summed E-state index contributed by atoms with van der Waals surface area (Å²) in [5, 5.41) is 0. The van der Waals surface area contributed by atoms with E-state index < -0.39 is 0 Å². The summed E-state index contributed by atoms with van der Waals surface area (Å²) in [7, 11) is 0. The lowest BCUT2D eigenvalue weighted by atomic mass is 9.96. The van der Waals surface area contributed by atoms with Gasteiger partial charge in [0, 0.05) is 11.5 Å². The van der Waals surface area contributed by atoms with Crippen molar-refractivity contribution in [2.24, 2.45) is 5.92 Å². The zero-order chi connectivity index (χ0) is 9.84. The van der Waals surface area contributed by atoms with Crippen molar-refractivity contribution in [3.63, 3.8) is 0 Å². The summed E-state index contributed by atoms with van der Waals surface area (Å²) in [4.78, 5) is 11.0. The first-order valence-corrected chi connectivity index (χ1v) is 4.55. The Balaban J connectivity index is 2.07. The molecule has 0 amide bonds. The third kappa shape index (κ3) is 2.84. The molecule has 0 aromatic rings. The van der Waals surface area contributed by atoms with Gasteiger partial charge < -0.3 is 9.47 Å². The van der Waals surface area contributed by atoms with E-state index in [0.717, 1.165) is 13.0 Å². The van der Waals surface area contributed by atoms with Crippen molar-refractivity contribution in [3.05, 3.63) is 12.2 Å². The van der Waals surface area contributed by atoms with Crippen LogP contribution in [0.15, 0.2) is 12.2 Å². The van der Waals surface area contributed by atoms with Gasteiger partial charge >= 0.3 is 5.97 Å². The first-order chi connectivity index (χ1) is 6.11. The summed E-state index contributed by atoms with van der Waals surface area (Å²) in [6.45, 7) is 8.46. The fraction of sp³-hybridized carbons (Fsp3) is 0.700. The van der Waals surface area contributed by atoms with Gasteiger partial charge in [-0.2, -0.15) is 0 Å². The van der Waals surface area contributed by atoms with Gasteiger partial charge in [0.1, 0.15) is 0 Å². The molecule has 0 N–H and O–H groups in total. The molecule has 1 aliphatic heterocycles. The summed E-state index contributed by atoms with van der Waals surface area (Å²) >= 11 is 0. The van der Waals surface area contributed by atoms with Crippen LogP contribution >= 0.6 is 0 Å². The highest BCUT2D eigenvalue weighted by atomic mass is 16.5. The molecule has 1 rings (SSSR count). The Morgan fingerprint density at radius 3 is 2.77 bits per heavy atom. The monoisotopic (exact) mass is 184 g/mol. The molecule has 1 saturated heterocycles. The average molecular weight is 184 g/mol. The van der Waals surface area contributed by atoms with Gasteiger partial charge in [-0.25, -0.2) is 4.79 Å². The normalized spacial score (nSPS) is 26.3. The van der Waals surface area contributed by atoms with Gasteiger partial charge in [0.25, 0.3) is 0 Å². The number of carbonyl (C=O) groups excluding carboxylic acids is 1. The SMILES string of the molecule is C=C(C)C(=O)OCCC1COC1C. The molecule has 0 saturated carbocycles. The predicted molar refractivity (Wildman–Crippen MR) is 49.3 cm³/mol. The van der Waals surface area contributed by atoms with E-state index >= 15 is 0 Å². The number of hydrogen-bond acceptors (Lipinski definition) is 3. The van der Waals surface area contributed by atoms with E-state index in [1.165, 1.54) is 0 Å². The second-order valence-corrected chi connectivity index (χ2v) is 3.50. The standard InChI is InChI=1S/C10H16O3/c1-7(2)10(11)12-5-4-9-6-13-8(9)3/h8-9H,1,4-6H2,2-3H3. The fourth-order valence-electron chi connectivity index (χ4n) is 1.17. The molecule has 1 fully saturated rings. The van der Waals surface area contributed by atoms with Gasteiger partial charge in [0.2, 0.25) is 0 Å². The van der Waals surface area contributed by atoms with Crippen molar-refractivity contribution >= 4 is 5.97 Å². The molecule has 3 nitrogen and oxygen atoms in total. The molecule has 0 radical (unpaired) electrons. The second kappa shape index (κ2) is 4.42. The van der Waals surface area contributed by atoms with Crippen molar-refractivity contribution in [2.75, 3.05) is 13.2 Å². The van der Waals surface area contributed by atoms with Gasteiger partial charge in [-0.3, -0.25) is 0 Å². The Kier molecular flexibility index (Phi) is 3.48. The summed E-state index contributed by atoms with van der Waals surface area (Å²) < 4.78 is 10.2. The lowest BCUT2D eigenvalue weighted by molar-refractivity contribution is -0.143. The van der Waals surface area contributed by atoms with Crippen molar-refractivity contribution in [2.45, 2.75) is 26.4 Å². The third-order valence-electron chi connectivity index (χ3n) is 2.31. The van der Waals surface area contributed by atoms with Crippen LogP contribution < -0.4 is 0 Å². The Morgan fingerprint density at radius 1 is 1.69 bits per heavy atom. The summed E-state index contributed by atoms with van der Waals surface area (Å²) in [5.74, 6) is 0.255. The van der Waals surface area contributed by atoms with Gasteiger partial charge in [0.05, 0.1) is 19.3 Å². The van der Waals surface area contributed by atoms with Crippen molar-refractivity contribution in [3.8, 4) is 0 Å². The van der Waals surface area contributed by atoms with E-state index in [0.29, 0.717) is 24.2 Å². The molecule has 0 aliphatic carbocycles. The van der Waals surface area contributed by atoms with E-state index in [-0.39, 0.29) is 5.97 Å². The summed E-state index contributed by atoms with van der Waals surface area (Å²) in [6.07, 6.45) is 1.21. The van der Waals surface area contributed by atoms with Gasteiger partial charge in [-0.15, -0.1) is 0 Å². The predicted octanol–water partition coefficient (Wildman–Crippen LogP) is 1.53. The van der Waals surface area contributed by atoms with Crippen LogP contribution in [0.2, 0.25) is 0 Å². The van der Waals surface area contributed by atoms with Crippen LogP contribution in [-0.4, -0.2) is 25.3 Å². The van der Waals surface area contributed by atoms with Crippen LogP contribution in [0.4, 0.5) is 0 Å². The molecule has 0 aromatic carbocycles. The molecule has 13 heavy (non-hydrogen) atoms. The Bertz CT molecular complexity index is 210. The molecule has 1 heterocycles. The van der Waals surface area contributed by atoms with Gasteiger partial charge in [0.15, 0.2) is 0 Å². The molecular formula is C10H16O3. The highest BCUT2D eigenvalue weighted by Gasteiger charge is 2.27. The molecule has 3 heteroatoms. The lowest BCUT2D eigenvalue weighted by Crippen LogP contribution is -2.37. The Labute approximate surface area is 78.7 Å². The maximum Gasteiger partial charge on any atom is 0.333 e. The smallest absolute Gasteiger partial charge is 0.333 e. The van der Waals surface area contributed by atoms with Crippen molar-refractivity contribution in [1.29, 1.82) is 0 Å². The first kappa shape index (κ1) is 10.3. The molecule has 0 aromatic heterocycles. The second-order valence-electron chi connectivity index (χ2n) is 3.50. The maximum absolute atomic E-state index is 11.0.